The van der Waals surface area contributed by atoms with Crippen LogP contribution in [-0.2, 0) is 0 Å². The van der Waals surface area contributed by atoms with Crippen LogP contribution in [0.2, 0.25) is 0 Å². The fourth-order valence-electron chi connectivity index (χ4n) is 1.89. The quantitative estimate of drug-likeness (QED) is 0.625. The molecule has 0 amide bonds. The summed E-state index contributed by atoms with van der Waals surface area (Å²) in [5, 5.41) is 0. The van der Waals surface area contributed by atoms with Crippen LogP contribution in [0.3, 0.4) is 0 Å². The maximum absolute atomic E-state index is 13.0. The molecule has 0 bridgehead atoms. The lowest BCUT2D eigenvalue weighted by atomic mass is 9.98. The van der Waals surface area contributed by atoms with E-state index < -0.39 is 23.7 Å². The SMILES string of the molecule is Cc1cc(F)ccc1C(=O)c1ccccc1OC(F)(F)F. The van der Waals surface area contributed by atoms with E-state index in [1.807, 2.05) is 0 Å². The van der Waals surface area contributed by atoms with Gasteiger partial charge in [0.05, 0.1) is 5.56 Å². The molecule has 0 aromatic heterocycles. The predicted octanol–water partition coefficient (Wildman–Crippen LogP) is 4.26. The van der Waals surface area contributed by atoms with Gasteiger partial charge in [0.15, 0.2) is 5.78 Å². The van der Waals surface area contributed by atoms with E-state index in [-0.39, 0.29) is 11.1 Å². The molecule has 0 saturated heterocycles. The standard InChI is InChI=1S/C15H10F4O2/c1-9-8-10(16)6-7-11(9)14(20)12-4-2-3-5-13(12)21-15(17,18)19/h2-8H,1H3. The first-order valence-electron chi connectivity index (χ1n) is 5.93. The average Bonchev–Trinajstić information content (AvgIpc) is 2.36. The van der Waals surface area contributed by atoms with Gasteiger partial charge in [-0.15, -0.1) is 13.2 Å². The zero-order chi connectivity index (χ0) is 15.6. The Labute approximate surface area is 118 Å². The van der Waals surface area contributed by atoms with Crippen LogP contribution in [0.25, 0.3) is 0 Å². The van der Waals surface area contributed by atoms with Gasteiger partial charge in [-0.1, -0.05) is 12.1 Å². The molecule has 0 heterocycles. The van der Waals surface area contributed by atoms with Gasteiger partial charge in [-0.05, 0) is 42.8 Å². The van der Waals surface area contributed by atoms with Gasteiger partial charge in [-0.3, -0.25) is 4.79 Å². The van der Waals surface area contributed by atoms with Crippen molar-refractivity contribution in [3.63, 3.8) is 0 Å². The first-order chi connectivity index (χ1) is 9.78. The summed E-state index contributed by atoms with van der Waals surface area (Å²) in [6, 6.07) is 8.49. The zero-order valence-corrected chi connectivity index (χ0v) is 10.9. The molecule has 110 valence electrons. The molecule has 2 nitrogen and oxygen atoms in total. The number of aryl methyl sites for hydroxylation is 1. The van der Waals surface area contributed by atoms with E-state index >= 15 is 0 Å². The van der Waals surface area contributed by atoms with Crippen LogP contribution in [0.15, 0.2) is 42.5 Å². The Morgan fingerprint density at radius 1 is 1.05 bits per heavy atom. The van der Waals surface area contributed by atoms with Crippen molar-refractivity contribution in [3.05, 3.63) is 65.0 Å². The number of ether oxygens (including phenoxy) is 1. The molecule has 0 spiro atoms. The summed E-state index contributed by atoms with van der Waals surface area (Å²) < 4.78 is 53.9. The number of carbonyl (C=O) groups is 1. The highest BCUT2D eigenvalue weighted by molar-refractivity contribution is 6.11. The molecule has 0 fully saturated rings. The van der Waals surface area contributed by atoms with E-state index in [4.69, 9.17) is 0 Å². The molecule has 6 heteroatoms. The number of halogens is 4. The van der Waals surface area contributed by atoms with Gasteiger partial charge in [0.25, 0.3) is 0 Å². The summed E-state index contributed by atoms with van der Waals surface area (Å²) >= 11 is 0. The van der Waals surface area contributed by atoms with E-state index in [9.17, 15) is 22.4 Å². The van der Waals surface area contributed by atoms with Crippen LogP contribution in [0.5, 0.6) is 5.75 Å². The van der Waals surface area contributed by atoms with E-state index in [1.165, 1.54) is 31.2 Å². The van der Waals surface area contributed by atoms with Gasteiger partial charge in [-0.2, -0.15) is 0 Å². The highest BCUT2D eigenvalue weighted by Gasteiger charge is 2.33. The third-order valence-electron chi connectivity index (χ3n) is 2.79. The van der Waals surface area contributed by atoms with Gasteiger partial charge in [0.1, 0.15) is 11.6 Å². The number of carbonyl (C=O) groups excluding carboxylic acids is 1. The molecule has 0 unspecified atom stereocenters. The van der Waals surface area contributed by atoms with E-state index in [1.54, 1.807) is 0 Å². The minimum Gasteiger partial charge on any atom is -0.405 e. The summed E-state index contributed by atoms with van der Waals surface area (Å²) in [6.07, 6.45) is -4.89. The highest BCUT2D eigenvalue weighted by Crippen LogP contribution is 2.28. The van der Waals surface area contributed by atoms with Crippen LogP contribution in [0.1, 0.15) is 21.5 Å². The van der Waals surface area contributed by atoms with E-state index in [0.717, 1.165) is 18.2 Å². The van der Waals surface area contributed by atoms with Crippen LogP contribution in [-0.4, -0.2) is 12.1 Å². The van der Waals surface area contributed by atoms with Crippen LogP contribution >= 0.6 is 0 Å². The molecule has 0 aliphatic heterocycles. The molecule has 0 N–H and O–H groups in total. The van der Waals surface area contributed by atoms with Crippen molar-refractivity contribution in [3.8, 4) is 5.75 Å². The lowest BCUT2D eigenvalue weighted by molar-refractivity contribution is -0.274. The molecule has 0 radical (unpaired) electrons. The van der Waals surface area contributed by atoms with Gasteiger partial charge in [0, 0.05) is 5.56 Å². The Morgan fingerprint density at radius 3 is 2.33 bits per heavy atom. The smallest absolute Gasteiger partial charge is 0.405 e. The topological polar surface area (TPSA) is 26.3 Å². The Hall–Kier alpha value is -2.37. The zero-order valence-electron chi connectivity index (χ0n) is 10.9. The summed E-state index contributed by atoms with van der Waals surface area (Å²) in [5.74, 6) is -1.77. The largest absolute Gasteiger partial charge is 0.573 e. The number of benzene rings is 2. The van der Waals surface area contributed by atoms with Crippen LogP contribution < -0.4 is 4.74 Å². The Bertz CT molecular complexity index is 678. The molecule has 0 aliphatic rings. The van der Waals surface area contributed by atoms with Crippen molar-refractivity contribution in [2.45, 2.75) is 13.3 Å². The Morgan fingerprint density at radius 2 is 1.71 bits per heavy atom. The second-order valence-electron chi connectivity index (χ2n) is 4.33. The third kappa shape index (κ3) is 3.59. The maximum Gasteiger partial charge on any atom is 0.573 e. The van der Waals surface area contributed by atoms with Gasteiger partial charge >= 0.3 is 6.36 Å². The van der Waals surface area contributed by atoms with Crippen molar-refractivity contribution >= 4 is 5.78 Å². The van der Waals surface area contributed by atoms with Crippen molar-refractivity contribution in [1.29, 1.82) is 0 Å². The number of hydrogen-bond acceptors (Lipinski definition) is 2. The van der Waals surface area contributed by atoms with Crippen LogP contribution in [0.4, 0.5) is 17.6 Å². The lowest BCUT2D eigenvalue weighted by Gasteiger charge is -2.13. The maximum atomic E-state index is 13.0. The number of ketones is 1. The predicted molar refractivity (Wildman–Crippen MR) is 67.7 cm³/mol. The summed E-state index contributed by atoms with van der Waals surface area (Å²) in [4.78, 5) is 12.3. The lowest BCUT2D eigenvalue weighted by Crippen LogP contribution is -2.19. The average molecular weight is 298 g/mol. The Balaban J connectivity index is 2.44. The minimum atomic E-state index is -4.89. The first-order valence-corrected chi connectivity index (χ1v) is 5.93. The molecule has 2 rings (SSSR count). The van der Waals surface area contributed by atoms with Crippen molar-refractivity contribution < 1.29 is 27.1 Å². The Kier molecular flexibility index (Phi) is 3.97. The third-order valence-corrected chi connectivity index (χ3v) is 2.79. The second kappa shape index (κ2) is 5.55. The molecule has 0 saturated carbocycles. The normalized spacial score (nSPS) is 11.3. The van der Waals surface area contributed by atoms with E-state index in [2.05, 4.69) is 4.74 Å². The minimum absolute atomic E-state index is 0.120. The molecular formula is C15H10F4O2. The molecule has 0 atom stereocenters. The molecule has 2 aromatic rings. The van der Waals surface area contributed by atoms with Crippen LogP contribution in [0, 0.1) is 12.7 Å². The van der Waals surface area contributed by atoms with Gasteiger partial charge in [-0.25, -0.2) is 4.39 Å². The molecule has 2 aromatic carbocycles. The van der Waals surface area contributed by atoms with Crippen molar-refractivity contribution in [2.75, 3.05) is 0 Å². The fraction of sp³-hybridized carbons (Fsp3) is 0.133. The van der Waals surface area contributed by atoms with Crippen molar-refractivity contribution in [1.82, 2.24) is 0 Å². The number of rotatable bonds is 3. The second-order valence-corrected chi connectivity index (χ2v) is 4.33. The van der Waals surface area contributed by atoms with Crippen molar-refractivity contribution in [2.24, 2.45) is 0 Å². The fourth-order valence-corrected chi connectivity index (χ4v) is 1.89. The number of alkyl halides is 3. The molecule has 21 heavy (non-hydrogen) atoms. The van der Waals surface area contributed by atoms with Gasteiger partial charge < -0.3 is 4.74 Å². The summed E-state index contributed by atoms with van der Waals surface area (Å²) in [5.41, 5.74) is 0.223. The van der Waals surface area contributed by atoms with Gasteiger partial charge in [0.2, 0.25) is 0 Å². The molecule has 0 aliphatic carbocycles. The first kappa shape index (κ1) is 15.0. The summed E-state index contributed by atoms with van der Waals surface area (Å²) in [7, 11) is 0. The number of para-hydroxylation sites is 1. The monoisotopic (exact) mass is 298 g/mol. The summed E-state index contributed by atoms with van der Waals surface area (Å²) in [6.45, 7) is 1.50. The highest BCUT2D eigenvalue weighted by atomic mass is 19.4. The molecular weight excluding hydrogens is 288 g/mol. The van der Waals surface area contributed by atoms with E-state index in [0.29, 0.717) is 5.56 Å². The number of hydrogen-bond donors (Lipinski definition) is 0.